The lowest BCUT2D eigenvalue weighted by Crippen LogP contribution is -2.44. The summed E-state index contributed by atoms with van der Waals surface area (Å²) >= 11 is 5.84. The number of halogens is 4. The maximum atomic E-state index is 13.5. The molecule has 0 saturated carbocycles. The fraction of sp³-hybridized carbons (Fsp3) is 0.133. The van der Waals surface area contributed by atoms with E-state index in [4.69, 9.17) is 16.3 Å². The van der Waals surface area contributed by atoms with Crippen LogP contribution >= 0.6 is 11.6 Å². The van der Waals surface area contributed by atoms with Gasteiger partial charge in [0.1, 0.15) is 10.6 Å². The summed E-state index contributed by atoms with van der Waals surface area (Å²) in [5.74, 6) is -5.99. The molecular formula is C15H12ClF3N2O4S. The maximum absolute atomic E-state index is 13.5. The molecule has 2 N–H and O–H groups in total. The lowest BCUT2D eigenvalue weighted by atomic mass is 10.2. The van der Waals surface area contributed by atoms with Crippen molar-refractivity contribution in [2.24, 2.45) is 0 Å². The van der Waals surface area contributed by atoms with Gasteiger partial charge in [-0.3, -0.25) is 10.2 Å². The average molecular weight is 409 g/mol. The SMILES string of the molecule is Cc1cc(OCC(=O)NNS(=O)(=O)c2ccc(F)c(F)c2F)ccc1Cl. The van der Waals surface area contributed by atoms with Crippen LogP contribution in [0.2, 0.25) is 5.02 Å². The van der Waals surface area contributed by atoms with E-state index in [9.17, 15) is 26.4 Å². The van der Waals surface area contributed by atoms with Crippen molar-refractivity contribution in [1.29, 1.82) is 0 Å². The summed E-state index contributed by atoms with van der Waals surface area (Å²) in [6, 6.07) is 5.59. The number of rotatable bonds is 6. The molecule has 2 rings (SSSR count). The van der Waals surface area contributed by atoms with Gasteiger partial charge in [-0.1, -0.05) is 11.6 Å². The standard InChI is InChI=1S/C15H12ClF3N2O4S/c1-8-6-9(2-3-10(8)16)25-7-13(22)20-21-26(23,24)12-5-4-11(17)14(18)15(12)19/h2-6,21H,7H2,1H3,(H,20,22). The summed E-state index contributed by atoms with van der Waals surface area (Å²) in [4.78, 5) is 12.0. The third kappa shape index (κ3) is 4.65. The van der Waals surface area contributed by atoms with Gasteiger partial charge in [-0.15, -0.1) is 4.83 Å². The first-order valence-electron chi connectivity index (χ1n) is 6.95. The lowest BCUT2D eigenvalue weighted by Gasteiger charge is -2.11. The molecule has 26 heavy (non-hydrogen) atoms. The quantitative estimate of drug-likeness (QED) is 0.568. The number of aryl methyl sites for hydroxylation is 1. The monoisotopic (exact) mass is 408 g/mol. The third-order valence-electron chi connectivity index (χ3n) is 3.11. The normalized spacial score (nSPS) is 11.3. The van der Waals surface area contributed by atoms with Crippen LogP contribution in [0.3, 0.4) is 0 Å². The van der Waals surface area contributed by atoms with Gasteiger partial charge in [0, 0.05) is 5.02 Å². The van der Waals surface area contributed by atoms with E-state index in [1.165, 1.54) is 6.07 Å². The van der Waals surface area contributed by atoms with Crippen LogP contribution in [0, 0.1) is 24.4 Å². The molecular weight excluding hydrogens is 397 g/mol. The lowest BCUT2D eigenvalue weighted by molar-refractivity contribution is -0.123. The first-order valence-corrected chi connectivity index (χ1v) is 8.81. The highest BCUT2D eigenvalue weighted by Gasteiger charge is 2.24. The van der Waals surface area contributed by atoms with Crippen molar-refractivity contribution in [2.75, 3.05) is 6.61 Å². The predicted octanol–water partition coefficient (Wildman–Crippen LogP) is 2.45. The van der Waals surface area contributed by atoms with Gasteiger partial charge in [0.15, 0.2) is 24.1 Å². The third-order valence-corrected chi connectivity index (χ3v) is 4.80. The van der Waals surface area contributed by atoms with Gasteiger partial charge in [0.25, 0.3) is 15.9 Å². The summed E-state index contributed by atoms with van der Waals surface area (Å²) in [5.41, 5.74) is 2.48. The molecule has 0 bridgehead atoms. The van der Waals surface area contributed by atoms with Crippen molar-refractivity contribution in [3.05, 3.63) is 58.4 Å². The van der Waals surface area contributed by atoms with Crippen molar-refractivity contribution in [3.8, 4) is 5.75 Å². The molecule has 0 atom stereocenters. The Morgan fingerprint density at radius 2 is 1.85 bits per heavy atom. The van der Waals surface area contributed by atoms with E-state index in [-0.39, 0.29) is 0 Å². The minimum atomic E-state index is -4.66. The van der Waals surface area contributed by atoms with Crippen LogP contribution in [-0.2, 0) is 14.8 Å². The molecule has 0 spiro atoms. The number of sulfonamides is 1. The van der Waals surface area contributed by atoms with E-state index in [2.05, 4.69) is 0 Å². The van der Waals surface area contributed by atoms with Gasteiger partial charge in [-0.05, 0) is 42.8 Å². The van der Waals surface area contributed by atoms with E-state index in [1.807, 2.05) is 0 Å². The zero-order valence-electron chi connectivity index (χ0n) is 13.1. The highest BCUT2D eigenvalue weighted by molar-refractivity contribution is 7.89. The molecule has 0 aliphatic heterocycles. The molecule has 0 fully saturated rings. The second-order valence-corrected chi connectivity index (χ2v) is 7.08. The highest BCUT2D eigenvalue weighted by atomic mass is 35.5. The summed E-state index contributed by atoms with van der Waals surface area (Å²) < 4.78 is 68.4. The molecule has 0 saturated heterocycles. The Morgan fingerprint density at radius 3 is 2.50 bits per heavy atom. The Balaban J connectivity index is 1.97. The smallest absolute Gasteiger partial charge is 0.272 e. The zero-order chi connectivity index (χ0) is 19.5. The van der Waals surface area contributed by atoms with Crippen LogP contribution in [0.15, 0.2) is 35.2 Å². The number of ether oxygens (including phenoxy) is 1. The van der Waals surface area contributed by atoms with Crippen molar-refractivity contribution in [1.82, 2.24) is 10.3 Å². The number of amides is 1. The number of hydrogen-bond acceptors (Lipinski definition) is 4. The number of benzene rings is 2. The van der Waals surface area contributed by atoms with Crippen LogP contribution < -0.4 is 15.0 Å². The zero-order valence-corrected chi connectivity index (χ0v) is 14.7. The number of hydrazine groups is 1. The van der Waals surface area contributed by atoms with Crippen LogP contribution in [-0.4, -0.2) is 20.9 Å². The van der Waals surface area contributed by atoms with Gasteiger partial charge < -0.3 is 4.74 Å². The number of hydrogen-bond donors (Lipinski definition) is 2. The van der Waals surface area contributed by atoms with Crippen molar-refractivity contribution < 1.29 is 31.1 Å². The van der Waals surface area contributed by atoms with Crippen molar-refractivity contribution in [3.63, 3.8) is 0 Å². The fourth-order valence-electron chi connectivity index (χ4n) is 1.79. The molecule has 2 aromatic rings. The highest BCUT2D eigenvalue weighted by Crippen LogP contribution is 2.21. The molecule has 0 aliphatic carbocycles. The molecule has 0 aromatic heterocycles. The molecule has 0 heterocycles. The van der Waals surface area contributed by atoms with E-state index < -0.39 is 44.9 Å². The summed E-state index contributed by atoms with van der Waals surface area (Å²) in [7, 11) is -4.66. The second kappa shape index (κ2) is 7.94. The Bertz CT molecular complexity index is 954. The van der Waals surface area contributed by atoms with Gasteiger partial charge in [0.05, 0.1) is 0 Å². The fourth-order valence-corrected chi connectivity index (χ4v) is 2.84. The Hall–Kier alpha value is -2.30. The van der Waals surface area contributed by atoms with E-state index in [0.29, 0.717) is 28.5 Å². The van der Waals surface area contributed by atoms with Gasteiger partial charge in [0.2, 0.25) is 0 Å². The van der Waals surface area contributed by atoms with Crippen molar-refractivity contribution >= 4 is 27.5 Å². The van der Waals surface area contributed by atoms with E-state index >= 15 is 0 Å². The van der Waals surface area contributed by atoms with Gasteiger partial charge in [-0.2, -0.15) is 0 Å². The number of carbonyl (C=O) groups excluding carboxylic acids is 1. The second-order valence-electron chi connectivity index (χ2n) is 5.03. The number of nitrogens with one attached hydrogen (secondary N) is 2. The molecule has 0 aliphatic rings. The Morgan fingerprint density at radius 1 is 1.15 bits per heavy atom. The van der Waals surface area contributed by atoms with E-state index in [1.54, 1.807) is 29.3 Å². The molecule has 140 valence electrons. The first-order chi connectivity index (χ1) is 12.1. The van der Waals surface area contributed by atoms with Crippen molar-refractivity contribution in [2.45, 2.75) is 11.8 Å². The first kappa shape index (κ1) is 20.0. The minimum Gasteiger partial charge on any atom is -0.484 e. The summed E-state index contributed by atoms with van der Waals surface area (Å²) in [5, 5.41) is 0.503. The molecule has 6 nitrogen and oxygen atoms in total. The Labute approximate surface area is 151 Å². The molecule has 2 aromatic carbocycles. The van der Waals surface area contributed by atoms with Crippen LogP contribution in [0.1, 0.15) is 5.56 Å². The summed E-state index contributed by atoms with van der Waals surface area (Å²) in [6.07, 6.45) is 0. The molecule has 0 radical (unpaired) electrons. The Kier molecular flexibility index (Phi) is 6.11. The molecule has 1 amide bonds. The van der Waals surface area contributed by atoms with Crippen LogP contribution in [0.4, 0.5) is 13.2 Å². The van der Waals surface area contributed by atoms with E-state index in [0.717, 1.165) is 0 Å². The topological polar surface area (TPSA) is 84.5 Å². The average Bonchev–Trinajstić information content (AvgIpc) is 2.59. The summed E-state index contributed by atoms with van der Waals surface area (Å²) in [6.45, 7) is 1.16. The van der Waals surface area contributed by atoms with Gasteiger partial charge in [-0.25, -0.2) is 21.6 Å². The molecule has 0 unspecified atom stereocenters. The molecule has 11 heteroatoms. The largest absolute Gasteiger partial charge is 0.484 e. The minimum absolute atomic E-state index is 0.316. The predicted molar refractivity (Wildman–Crippen MR) is 86.5 cm³/mol. The number of carbonyl (C=O) groups is 1. The van der Waals surface area contributed by atoms with Gasteiger partial charge >= 0.3 is 0 Å². The maximum Gasteiger partial charge on any atom is 0.272 e. The van der Waals surface area contributed by atoms with Crippen LogP contribution in [0.5, 0.6) is 5.75 Å². The van der Waals surface area contributed by atoms with Crippen LogP contribution in [0.25, 0.3) is 0 Å².